The summed E-state index contributed by atoms with van der Waals surface area (Å²) >= 11 is 0. The minimum atomic E-state index is -0.195. The van der Waals surface area contributed by atoms with Crippen molar-refractivity contribution in [3.05, 3.63) is 48.2 Å². The van der Waals surface area contributed by atoms with Crippen molar-refractivity contribution in [2.24, 2.45) is 0 Å². The lowest BCUT2D eigenvalue weighted by molar-refractivity contribution is 0.102. The lowest BCUT2D eigenvalue weighted by Crippen LogP contribution is -2.21. The number of pyridine rings is 1. The van der Waals surface area contributed by atoms with Gasteiger partial charge in [-0.2, -0.15) is 0 Å². The van der Waals surface area contributed by atoms with Gasteiger partial charge < -0.3 is 20.3 Å². The fourth-order valence-electron chi connectivity index (χ4n) is 1.95. The van der Waals surface area contributed by atoms with E-state index in [9.17, 15) is 4.79 Å². The largest absolute Gasteiger partial charge is 0.497 e. The molecule has 0 spiro atoms. The maximum absolute atomic E-state index is 12.2. The van der Waals surface area contributed by atoms with Gasteiger partial charge in [-0.05, 0) is 44.4 Å². The molecule has 1 heterocycles. The highest BCUT2D eigenvalue weighted by atomic mass is 16.5. The second-order valence-electron chi connectivity index (χ2n) is 5.35. The van der Waals surface area contributed by atoms with Crippen LogP contribution in [0.1, 0.15) is 10.4 Å². The molecule has 0 aliphatic carbocycles. The highest BCUT2D eigenvalue weighted by Gasteiger charge is 2.07. The first-order valence-corrected chi connectivity index (χ1v) is 7.38. The first-order valence-electron chi connectivity index (χ1n) is 7.38. The molecule has 2 aromatic rings. The van der Waals surface area contributed by atoms with Crippen molar-refractivity contribution in [1.29, 1.82) is 0 Å². The predicted molar refractivity (Wildman–Crippen MR) is 92.2 cm³/mol. The molecule has 0 atom stereocenters. The number of methoxy groups -OCH3 is 1. The molecule has 2 N–H and O–H groups in total. The quantitative estimate of drug-likeness (QED) is 0.821. The summed E-state index contributed by atoms with van der Waals surface area (Å²) < 4.78 is 5.12. The normalized spacial score (nSPS) is 10.4. The Morgan fingerprint density at radius 2 is 2.09 bits per heavy atom. The number of carbonyl (C=O) groups is 1. The molecule has 2 rings (SSSR count). The summed E-state index contributed by atoms with van der Waals surface area (Å²) in [6, 6.07) is 10.7. The minimum absolute atomic E-state index is 0.195. The maximum Gasteiger partial charge on any atom is 0.255 e. The average Bonchev–Trinajstić information content (AvgIpc) is 2.56. The fraction of sp³-hybridized carbons (Fsp3) is 0.294. The number of nitrogens with zero attached hydrogens (tertiary/aromatic N) is 2. The molecule has 1 aromatic carbocycles. The molecular weight excluding hydrogens is 292 g/mol. The van der Waals surface area contributed by atoms with Gasteiger partial charge in [0.2, 0.25) is 0 Å². The van der Waals surface area contributed by atoms with Gasteiger partial charge in [0.25, 0.3) is 5.91 Å². The van der Waals surface area contributed by atoms with Crippen molar-refractivity contribution in [3.8, 4) is 5.75 Å². The molecule has 0 aliphatic rings. The summed E-state index contributed by atoms with van der Waals surface area (Å²) in [4.78, 5) is 18.6. The summed E-state index contributed by atoms with van der Waals surface area (Å²) in [7, 11) is 5.61. The van der Waals surface area contributed by atoms with E-state index in [4.69, 9.17) is 4.74 Å². The lowest BCUT2D eigenvalue weighted by atomic mass is 10.2. The Morgan fingerprint density at radius 1 is 1.26 bits per heavy atom. The summed E-state index contributed by atoms with van der Waals surface area (Å²) in [5, 5.41) is 6.04. The number of nitrogens with one attached hydrogen (secondary N) is 2. The van der Waals surface area contributed by atoms with Gasteiger partial charge in [-0.25, -0.2) is 4.98 Å². The van der Waals surface area contributed by atoms with E-state index in [0.29, 0.717) is 17.0 Å². The van der Waals surface area contributed by atoms with Gasteiger partial charge in [-0.15, -0.1) is 0 Å². The fourth-order valence-corrected chi connectivity index (χ4v) is 1.95. The van der Waals surface area contributed by atoms with Gasteiger partial charge in [0, 0.05) is 18.7 Å². The predicted octanol–water partition coefficient (Wildman–Crippen LogP) is 2.32. The molecule has 0 saturated carbocycles. The summed E-state index contributed by atoms with van der Waals surface area (Å²) in [6.07, 6.45) is 1.63. The van der Waals surface area contributed by atoms with Gasteiger partial charge >= 0.3 is 0 Å². The Bertz CT molecular complexity index is 641. The van der Waals surface area contributed by atoms with Crippen LogP contribution in [0, 0.1) is 0 Å². The number of benzene rings is 1. The number of aromatic nitrogens is 1. The number of amides is 1. The topological polar surface area (TPSA) is 66.5 Å². The van der Waals surface area contributed by atoms with E-state index in [1.807, 2.05) is 26.2 Å². The third-order valence-corrected chi connectivity index (χ3v) is 3.22. The minimum Gasteiger partial charge on any atom is -0.497 e. The maximum atomic E-state index is 12.2. The van der Waals surface area contributed by atoms with Crippen LogP contribution in [0.4, 0.5) is 11.5 Å². The molecule has 1 aromatic heterocycles. The number of likely N-dealkylation sites (N-methyl/N-ethyl adjacent to an activating group) is 1. The van der Waals surface area contributed by atoms with Crippen LogP contribution in [0.5, 0.6) is 5.75 Å². The van der Waals surface area contributed by atoms with Gasteiger partial charge in [0.05, 0.1) is 19.0 Å². The van der Waals surface area contributed by atoms with E-state index < -0.39 is 0 Å². The van der Waals surface area contributed by atoms with Gasteiger partial charge in [-0.1, -0.05) is 6.07 Å². The molecule has 122 valence electrons. The van der Waals surface area contributed by atoms with Crippen molar-refractivity contribution in [1.82, 2.24) is 9.88 Å². The molecule has 0 saturated heterocycles. The van der Waals surface area contributed by atoms with Crippen LogP contribution in [0.15, 0.2) is 42.6 Å². The molecule has 6 heteroatoms. The van der Waals surface area contributed by atoms with Crippen LogP contribution in [-0.2, 0) is 0 Å². The highest BCUT2D eigenvalue weighted by Crippen LogP contribution is 2.15. The van der Waals surface area contributed by atoms with Crippen molar-refractivity contribution in [3.63, 3.8) is 0 Å². The van der Waals surface area contributed by atoms with Crippen LogP contribution < -0.4 is 15.4 Å². The van der Waals surface area contributed by atoms with Crippen molar-refractivity contribution in [2.75, 3.05) is 44.9 Å². The number of hydrogen-bond acceptors (Lipinski definition) is 5. The molecule has 0 unspecified atom stereocenters. The Labute approximate surface area is 136 Å². The van der Waals surface area contributed by atoms with E-state index in [0.717, 1.165) is 18.9 Å². The summed E-state index contributed by atoms with van der Waals surface area (Å²) in [5.74, 6) is 1.24. The Balaban J connectivity index is 1.93. The van der Waals surface area contributed by atoms with Gasteiger partial charge in [0.15, 0.2) is 0 Å². The Kier molecular flexibility index (Phi) is 5.94. The number of rotatable bonds is 7. The molecule has 23 heavy (non-hydrogen) atoms. The number of hydrogen-bond donors (Lipinski definition) is 2. The zero-order valence-electron chi connectivity index (χ0n) is 13.7. The second kappa shape index (κ2) is 8.14. The van der Waals surface area contributed by atoms with Crippen molar-refractivity contribution < 1.29 is 9.53 Å². The first kappa shape index (κ1) is 16.8. The third-order valence-electron chi connectivity index (χ3n) is 3.22. The Hall–Kier alpha value is -2.60. The third kappa shape index (κ3) is 5.27. The van der Waals surface area contributed by atoms with Gasteiger partial charge in [-0.3, -0.25) is 4.79 Å². The van der Waals surface area contributed by atoms with Crippen LogP contribution in [0.25, 0.3) is 0 Å². The van der Waals surface area contributed by atoms with Crippen LogP contribution >= 0.6 is 0 Å². The van der Waals surface area contributed by atoms with Crippen molar-refractivity contribution >= 4 is 17.4 Å². The van der Waals surface area contributed by atoms with E-state index >= 15 is 0 Å². The summed E-state index contributed by atoms with van der Waals surface area (Å²) in [6.45, 7) is 1.74. The lowest BCUT2D eigenvalue weighted by Gasteiger charge is -2.11. The number of anilines is 2. The van der Waals surface area contributed by atoms with E-state index in [1.165, 1.54) is 0 Å². The highest BCUT2D eigenvalue weighted by molar-refractivity contribution is 6.04. The number of ether oxygens (including phenoxy) is 1. The molecule has 0 bridgehead atoms. The van der Waals surface area contributed by atoms with Crippen molar-refractivity contribution in [2.45, 2.75) is 0 Å². The standard InChI is InChI=1S/C17H22N4O2/c1-21(2)10-9-18-16-8-7-14(12-19-16)20-17(22)13-5-4-6-15(11-13)23-3/h4-8,11-12H,9-10H2,1-3H3,(H,18,19)(H,20,22). The summed E-state index contributed by atoms with van der Waals surface area (Å²) in [5.41, 5.74) is 1.19. The average molecular weight is 314 g/mol. The van der Waals surface area contributed by atoms with E-state index in [-0.39, 0.29) is 5.91 Å². The van der Waals surface area contributed by atoms with Crippen LogP contribution in [0.3, 0.4) is 0 Å². The van der Waals surface area contributed by atoms with Crippen LogP contribution in [0.2, 0.25) is 0 Å². The zero-order chi connectivity index (χ0) is 16.7. The SMILES string of the molecule is COc1cccc(C(=O)Nc2ccc(NCCN(C)C)nc2)c1. The molecular formula is C17H22N4O2. The van der Waals surface area contributed by atoms with Crippen LogP contribution in [-0.4, -0.2) is 50.1 Å². The van der Waals surface area contributed by atoms with Gasteiger partial charge in [0.1, 0.15) is 11.6 Å². The monoisotopic (exact) mass is 314 g/mol. The molecule has 1 amide bonds. The van der Waals surface area contributed by atoms with E-state index in [2.05, 4.69) is 20.5 Å². The molecule has 6 nitrogen and oxygen atoms in total. The molecule has 0 radical (unpaired) electrons. The zero-order valence-corrected chi connectivity index (χ0v) is 13.7. The second-order valence-corrected chi connectivity index (χ2v) is 5.35. The first-order chi connectivity index (χ1) is 11.1. The van der Waals surface area contributed by atoms with E-state index in [1.54, 1.807) is 37.6 Å². The number of carbonyl (C=O) groups excluding carboxylic acids is 1. The Morgan fingerprint density at radius 3 is 2.74 bits per heavy atom. The molecule has 0 aliphatic heterocycles. The smallest absolute Gasteiger partial charge is 0.255 e. The molecule has 0 fully saturated rings.